The molecule has 0 heterocycles. The Morgan fingerprint density at radius 3 is 2.25 bits per heavy atom. The quantitative estimate of drug-likeness (QED) is 0.812. The van der Waals surface area contributed by atoms with Gasteiger partial charge in [0.2, 0.25) is 5.91 Å². The van der Waals surface area contributed by atoms with Crippen molar-refractivity contribution in [2.75, 3.05) is 13.6 Å². The second-order valence-corrected chi connectivity index (χ2v) is 9.56. The summed E-state index contributed by atoms with van der Waals surface area (Å²) in [5, 5.41) is 13.5. The first-order valence-corrected chi connectivity index (χ1v) is 10.1. The maximum absolute atomic E-state index is 12.9. The van der Waals surface area contributed by atoms with Crippen molar-refractivity contribution in [1.29, 1.82) is 0 Å². The van der Waals surface area contributed by atoms with E-state index in [2.05, 4.69) is 10.2 Å². The molecule has 5 aliphatic rings. The largest absolute Gasteiger partial charge is 0.393 e. The third-order valence-electron chi connectivity index (χ3n) is 7.61. The van der Waals surface area contributed by atoms with Gasteiger partial charge in [-0.1, -0.05) is 6.42 Å². The molecule has 5 saturated carbocycles. The van der Waals surface area contributed by atoms with Crippen LogP contribution in [0.1, 0.15) is 64.7 Å². The lowest BCUT2D eigenvalue weighted by Gasteiger charge is -2.57. The van der Waals surface area contributed by atoms with Crippen LogP contribution in [0.25, 0.3) is 0 Å². The summed E-state index contributed by atoms with van der Waals surface area (Å²) in [4.78, 5) is 15.1. The van der Waals surface area contributed by atoms with E-state index in [1.165, 1.54) is 38.5 Å². The SMILES string of the molecule is CC(C(=O)NC12CC3CC(CC(C3)C1)C2)N(C)CC1CCCC1O. The molecule has 0 radical (unpaired) electrons. The van der Waals surface area contributed by atoms with Gasteiger partial charge in [-0.2, -0.15) is 0 Å². The molecule has 4 bridgehead atoms. The Balaban J connectivity index is 1.35. The van der Waals surface area contributed by atoms with Crippen LogP contribution < -0.4 is 5.32 Å². The van der Waals surface area contributed by atoms with Crippen molar-refractivity contribution in [3.63, 3.8) is 0 Å². The zero-order valence-electron chi connectivity index (χ0n) is 15.3. The predicted molar refractivity (Wildman–Crippen MR) is 94.5 cm³/mol. The highest BCUT2D eigenvalue weighted by molar-refractivity contribution is 5.82. The van der Waals surface area contributed by atoms with Crippen LogP contribution in [0.15, 0.2) is 0 Å². The van der Waals surface area contributed by atoms with Gasteiger partial charge < -0.3 is 10.4 Å². The number of hydrogen-bond donors (Lipinski definition) is 2. The van der Waals surface area contributed by atoms with Crippen LogP contribution in [0, 0.1) is 23.7 Å². The minimum Gasteiger partial charge on any atom is -0.393 e. The molecule has 136 valence electrons. The van der Waals surface area contributed by atoms with Gasteiger partial charge >= 0.3 is 0 Å². The zero-order valence-corrected chi connectivity index (χ0v) is 15.3. The van der Waals surface area contributed by atoms with Gasteiger partial charge in [0.25, 0.3) is 0 Å². The van der Waals surface area contributed by atoms with E-state index >= 15 is 0 Å². The summed E-state index contributed by atoms with van der Waals surface area (Å²) in [6.07, 6.45) is 10.8. The van der Waals surface area contributed by atoms with Crippen LogP contribution >= 0.6 is 0 Å². The summed E-state index contributed by atoms with van der Waals surface area (Å²) in [7, 11) is 2.04. The van der Waals surface area contributed by atoms with Crippen LogP contribution in [0.2, 0.25) is 0 Å². The first-order chi connectivity index (χ1) is 11.4. The first-order valence-electron chi connectivity index (χ1n) is 10.1. The van der Waals surface area contributed by atoms with Crippen molar-refractivity contribution in [2.24, 2.45) is 23.7 Å². The number of likely N-dealkylation sites (N-methyl/N-ethyl adjacent to an activating group) is 1. The molecule has 4 nitrogen and oxygen atoms in total. The van der Waals surface area contributed by atoms with Gasteiger partial charge in [0.15, 0.2) is 0 Å². The average Bonchev–Trinajstić information content (AvgIpc) is 2.89. The Bertz CT molecular complexity index is 457. The van der Waals surface area contributed by atoms with Crippen LogP contribution in [-0.4, -0.2) is 47.2 Å². The fraction of sp³-hybridized carbons (Fsp3) is 0.950. The summed E-state index contributed by atoms with van der Waals surface area (Å²) < 4.78 is 0. The van der Waals surface area contributed by atoms with E-state index in [1.807, 2.05) is 14.0 Å². The Morgan fingerprint density at radius 2 is 1.75 bits per heavy atom. The third kappa shape index (κ3) is 3.12. The molecule has 2 N–H and O–H groups in total. The second-order valence-electron chi connectivity index (χ2n) is 9.56. The molecule has 0 aliphatic heterocycles. The Kier molecular flexibility index (Phi) is 4.41. The molecule has 0 aromatic heterocycles. The Labute approximate surface area is 146 Å². The number of nitrogens with one attached hydrogen (secondary N) is 1. The number of carbonyl (C=O) groups is 1. The molecule has 5 fully saturated rings. The Morgan fingerprint density at radius 1 is 1.17 bits per heavy atom. The molecular formula is C20H34N2O2. The molecule has 3 unspecified atom stereocenters. The van der Waals surface area contributed by atoms with Crippen LogP contribution in [0.3, 0.4) is 0 Å². The summed E-state index contributed by atoms with van der Waals surface area (Å²) in [6, 6.07) is -0.106. The van der Waals surface area contributed by atoms with Crippen LogP contribution in [-0.2, 0) is 4.79 Å². The normalized spacial score (nSPS) is 44.9. The molecule has 3 atom stereocenters. The third-order valence-corrected chi connectivity index (χ3v) is 7.61. The van der Waals surface area contributed by atoms with E-state index in [0.29, 0.717) is 5.92 Å². The molecule has 24 heavy (non-hydrogen) atoms. The second kappa shape index (κ2) is 6.28. The molecular weight excluding hydrogens is 300 g/mol. The van der Waals surface area contributed by atoms with Crippen molar-refractivity contribution < 1.29 is 9.90 Å². The molecule has 5 aliphatic carbocycles. The molecule has 0 spiro atoms. The number of hydrogen-bond acceptors (Lipinski definition) is 3. The van der Waals surface area contributed by atoms with Crippen LogP contribution in [0.5, 0.6) is 0 Å². The maximum Gasteiger partial charge on any atom is 0.237 e. The fourth-order valence-corrected chi connectivity index (χ4v) is 6.59. The van der Waals surface area contributed by atoms with Gasteiger partial charge in [0.1, 0.15) is 0 Å². The standard InChI is InChI=1S/C20H34N2O2/c1-13(22(2)12-17-4-3-5-18(17)23)19(24)21-20-9-14-6-15(10-20)8-16(7-14)11-20/h13-18,23H,3-12H2,1-2H3,(H,21,24). The summed E-state index contributed by atoms with van der Waals surface area (Å²) in [6.45, 7) is 2.85. The van der Waals surface area contributed by atoms with Gasteiger partial charge in [0, 0.05) is 12.1 Å². The maximum atomic E-state index is 12.9. The Hall–Kier alpha value is -0.610. The molecule has 0 aromatic carbocycles. The first kappa shape index (κ1) is 16.8. The van der Waals surface area contributed by atoms with E-state index in [1.54, 1.807) is 0 Å². The van der Waals surface area contributed by atoms with Crippen molar-refractivity contribution >= 4 is 5.91 Å². The number of rotatable bonds is 5. The summed E-state index contributed by atoms with van der Waals surface area (Å²) >= 11 is 0. The lowest BCUT2D eigenvalue weighted by Crippen LogP contribution is -2.62. The van der Waals surface area contributed by atoms with Crippen molar-refractivity contribution in [1.82, 2.24) is 10.2 Å². The predicted octanol–water partition coefficient (Wildman–Crippen LogP) is 2.55. The highest BCUT2D eigenvalue weighted by atomic mass is 16.3. The number of amides is 1. The van der Waals surface area contributed by atoms with Gasteiger partial charge in [-0.05, 0) is 89.0 Å². The van der Waals surface area contributed by atoms with Gasteiger partial charge in [-0.15, -0.1) is 0 Å². The summed E-state index contributed by atoms with van der Waals surface area (Å²) in [5.74, 6) is 3.12. The minimum atomic E-state index is -0.175. The van der Waals surface area contributed by atoms with E-state index < -0.39 is 0 Å². The van der Waals surface area contributed by atoms with E-state index in [-0.39, 0.29) is 23.6 Å². The molecule has 5 rings (SSSR count). The lowest BCUT2D eigenvalue weighted by molar-refractivity contribution is -0.131. The highest BCUT2D eigenvalue weighted by Gasteiger charge is 2.51. The highest BCUT2D eigenvalue weighted by Crippen LogP contribution is 2.55. The molecule has 4 heteroatoms. The average molecular weight is 335 g/mol. The topological polar surface area (TPSA) is 52.6 Å². The van der Waals surface area contributed by atoms with E-state index in [0.717, 1.165) is 43.6 Å². The minimum absolute atomic E-state index is 0.105. The summed E-state index contributed by atoms with van der Waals surface area (Å²) in [5.41, 5.74) is 0.105. The smallest absolute Gasteiger partial charge is 0.237 e. The van der Waals surface area contributed by atoms with Crippen molar-refractivity contribution in [3.05, 3.63) is 0 Å². The fourth-order valence-electron chi connectivity index (χ4n) is 6.59. The van der Waals surface area contributed by atoms with Crippen LogP contribution in [0.4, 0.5) is 0 Å². The number of nitrogens with zero attached hydrogens (tertiary/aromatic N) is 1. The molecule has 1 amide bonds. The van der Waals surface area contributed by atoms with Gasteiger partial charge in [-0.3, -0.25) is 9.69 Å². The molecule has 0 saturated heterocycles. The number of aliphatic hydroxyl groups excluding tert-OH is 1. The molecule has 0 aromatic rings. The van der Waals surface area contributed by atoms with E-state index in [4.69, 9.17) is 0 Å². The zero-order chi connectivity index (χ0) is 16.9. The van der Waals surface area contributed by atoms with Gasteiger partial charge in [-0.25, -0.2) is 0 Å². The monoisotopic (exact) mass is 334 g/mol. The van der Waals surface area contributed by atoms with E-state index in [9.17, 15) is 9.90 Å². The van der Waals surface area contributed by atoms with Gasteiger partial charge in [0.05, 0.1) is 12.1 Å². The number of aliphatic hydroxyl groups is 1. The number of carbonyl (C=O) groups excluding carboxylic acids is 1. The van der Waals surface area contributed by atoms with Crippen molar-refractivity contribution in [3.8, 4) is 0 Å². The van der Waals surface area contributed by atoms with Crippen molar-refractivity contribution in [2.45, 2.75) is 82.4 Å². The lowest BCUT2D eigenvalue weighted by atomic mass is 9.53.